The van der Waals surface area contributed by atoms with Gasteiger partial charge < -0.3 is 5.32 Å². The number of thiophene rings is 1. The Morgan fingerprint density at radius 1 is 1.30 bits per heavy atom. The fraction of sp³-hybridized carbons (Fsp3) is 0.250. The summed E-state index contributed by atoms with van der Waals surface area (Å²) in [7, 11) is 1.62. The van der Waals surface area contributed by atoms with Gasteiger partial charge in [-0.25, -0.2) is 0 Å². The van der Waals surface area contributed by atoms with Crippen LogP contribution in [0, 0.1) is 0 Å². The topological polar surface area (TPSA) is 24.9 Å². The van der Waals surface area contributed by atoms with E-state index < -0.39 is 17.8 Å². The summed E-state index contributed by atoms with van der Waals surface area (Å²) in [6.07, 6.45) is -2.01. The quantitative estimate of drug-likeness (QED) is 0.742. The number of alkyl halides is 3. The number of pyridine rings is 1. The molecule has 108 valence electrons. The maximum Gasteiger partial charge on any atom is 0.416 e. The third-order valence-electron chi connectivity index (χ3n) is 2.75. The van der Waals surface area contributed by atoms with Gasteiger partial charge in [-0.3, -0.25) is 4.98 Å². The Morgan fingerprint density at radius 3 is 2.50 bits per heavy atom. The minimum atomic E-state index is -4.41. The molecule has 2 rings (SSSR count). The van der Waals surface area contributed by atoms with Crippen molar-refractivity contribution in [3.63, 3.8) is 0 Å². The molecule has 0 spiro atoms. The lowest BCUT2D eigenvalue weighted by molar-refractivity contribution is -0.138. The molecule has 0 aliphatic carbocycles. The first-order chi connectivity index (χ1) is 9.34. The van der Waals surface area contributed by atoms with E-state index in [4.69, 9.17) is 0 Å². The van der Waals surface area contributed by atoms with Crippen LogP contribution in [0.4, 0.5) is 13.2 Å². The van der Waals surface area contributed by atoms with E-state index in [1.807, 2.05) is 0 Å². The van der Waals surface area contributed by atoms with Gasteiger partial charge in [0.05, 0.1) is 19.2 Å². The summed E-state index contributed by atoms with van der Waals surface area (Å²) in [5, 5.41) is 2.92. The summed E-state index contributed by atoms with van der Waals surface area (Å²) in [6, 6.07) is 2.20. The van der Waals surface area contributed by atoms with E-state index in [1.165, 1.54) is 17.5 Å². The molecule has 0 bridgehead atoms. The molecule has 0 aromatic carbocycles. The highest BCUT2D eigenvalue weighted by molar-refractivity contribution is 9.12. The van der Waals surface area contributed by atoms with Gasteiger partial charge in [-0.15, -0.1) is 11.3 Å². The van der Waals surface area contributed by atoms with Gasteiger partial charge in [-0.1, -0.05) is 0 Å². The van der Waals surface area contributed by atoms with Gasteiger partial charge >= 0.3 is 6.18 Å². The highest BCUT2D eigenvalue weighted by Crippen LogP contribution is 2.41. The van der Waals surface area contributed by atoms with Gasteiger partial charge in [0.1, 0.15) is 0 Å². The fourth-order valence-electron chi connectivity index (χ4n) is 1.92. The number of halogens is 5. The molecule has 2 aromatic rings. The summed E-state index contributed by atoms with van der Waals surface area (Å²) < 4.78 is 40.9. The van der Waals surface area contributed by atoms with Gasteiger partial charge in [0, 0.05) is 18.0 Å². The second-order valence-corrected chi connectivity index (χ2v) is 7.71. The molecule has 0 saturated heterocycles. The second-order valence-electron chi connectivity index (χ2n) is 3.96. The number of nitrogens with zero attached hydrogens (tertiary/aromatic N) is 1. The molecule has 0 aliphatic heterocycles. The third kappa shape index (κ3) is 3.24. The zero-order valence-corrected chi connectivity index (χ0v) is 14.1. The van der Waals surface area contributed by atoms with Crippen LogP contribution < -0.4 is 5.32 Å². The van der Waals surface area contributed by atoms with E-state index in [1.54, 1.807) is 13.1 Å². The van der Waals surface area contributed by atoms with E-state index >= 15 is 0 Å². The first kappa shape index (κ1) is 15.9. The SMILES string of the molecule is CNC(c1cnccc1C(F)(F)F)c1cc(Br)sc1Br. The van der Waals surface area contributed by atoms with E-state index in [0.717, 1.165) is 25.4 Å². The van der Waals surface area contributed by atoms with Crippen molar-refractivity contribution < 1.29 is 13.2 Å². The van der Waals surface area contributed by atoms with Gasteiger partial charge in [-0.05, 0) is 56.6 Å². The van der Waals surface area contributed by atoms with Crippen molar-refractivity contribution in [2.45, 2.75) is 12.2 Å². The molecule has 20 heavy (non-hydrogen) atoms. The molecule has 2 heterocycles. The van der Waals surface area contributed by atoms with Gasteiger partial charge in [0.2, 0.25) is 0 Å². The number of rotatable bonds is 3. The Morgan fingerprint density at radius 2 is 2.00 bits per heavy atom. The zero-order valence-electron chi connectivity index (χ0n) is 10.1. The first-order valence-electron chi connectivity index (χ1n) is 5.47. The van der Waals surface area contributed by atoms with Crippen molar-refractivity contribution in [1.82, 2.24) is 10.3 Å². The van der Waals surface area contributed by atoms with Crippen molar-refractivity contribution in [1.29, 1.82) is 0 Å². The lowest BCUT2D eigenvalue weighted by Crippen LogP contribution is -2.22. The highest BCUT2D eigenvalue weighted by Gasteiger charge is 2.36. The Kier molecular flexibility index (Phi) is 4.88. The molecule has 0 saturated carbocycles. The number of hydrogen-bond acceptors (Lipinski definition) is 3. The van der Waals surface area contributed by atoms with Crippen LogP contribution in [0.15, 0.2) is 32.1 Å². The van der Waals surface area contributed by atoms with Crippen LogP contribution in [-0.2, 0) is 6.18 Å². The van der Waals surface area contributed by atoms with Crippen LogP contribution in [0.5, 0.6) is 0 Å². The van der Waals surface area contributed by atoms with Crippen LogP contribution in [0.1, 0.15) is 22.7 Å². The largest absolute Gasteiger partial charge is 0.416 e. The number of nitrogens with one attached hydrogen (secondary N) is 1. The average molecular weight is 430 g/mol. The average Bonchev–Trinajstić information content (AvgIpc) is 2.69. The highest BCUT2D eigenvalue weighted by atomic mass is 79.9. The molecule has 1 atom stereocenters. The Hall–Kier alpha value is -0.440. The van der Waals surface area contributed by atoms with Crippen LogP contribution in [0.3, 0.4) is 0 Å². The molecule has 2 aromatic heterocycles. The Labute approximate surface area is 134 Å². The smallest absolute Gasteiger partial charge is 0.309 e. The molecule has 0 radical (unpaired) electrons. The fourth-order valence-corrected chi connectivity index (χ4v) is 4.83. The summed E-state index contributed by atoms with van der Waals surface area (Å²) in [4.78, 5) is 3.83. The standard InChI is InChI=1S/C12H9Br2F3N2S/c1-18-10(6-4-9(13)20-11(6)14)7-5-19-3-2-8(7)12(15,16)17/h2-5,10,18H,1H3. The molecular weight excluding hydrogens is 421 g/mol. The van der Waals surface area contributed by atoms with E-state index in [9.17, 15) is 13.2 Å². The molecule has 8 heteroatoms. The van der Waals surface area contributed by atoms with Crippen molar-refractivity contribution in [3.8, 4) is 0 Å². The van der Waals surface area contributed by atoms with Crippen molar-refractivity contribution in [3.05, 3.63) is 48.8 Å². The van der Waals surface area contributed by atoms with E-state index in [0.29, 0.717) is 0 Å². The molecule has 1 N–H and O–H groups in total. The van der Waals surface area contributed by atoms with Crippen LogP contribution >= 0.6 is 43.2 Å². The third-order valence-corrected chi connectivity index (χ3v) is 5.14. The molecule has 2 nitrogen and oxygen atoms in total. The van der Waals surface area contributed by atoms with E-state index in [-0.39, 0.29) is 5.56 Å². The van der Waals surface area contributed by atoms with Crippen molar-refractivity contribution >= 4 is 43.2 Å². The maximum atomic E-state index is 13.1. The monoisotopic (exact) mass is 428 g/mol. The van der Waals surface area contributed by atoms with Crippen LogP contribution in [-0.4, -0.2) is 12.0 Å². The predicted molar refractivity (Wildman–Crippen MR) is 79.9 cm³/mol. The molecular formula is C12H9Br2F3N2S. The summed E-state index contributed by atoms with van der Waals surface area (Å²) in [5.74, 6) is 0. The first-order valence-corrected chi connectivity index (χ1v) is 7.88. The number of hydrogen-bond donors (Lipinski definition) is 1. The zero-order chi connectivity index (χ0) is 14.9. The minimum absolute atomic E-state index is 0.105. The van der Waals surface area contributed by atoms with E-state index in [2.05, 4.69) is 42.2 Å². The van der Waals surface area contributed by atoms with Crippen LogP contribution in [0.2, 0.25) is 0 Å². The summed E-state index contributed by atoms with van der Waals surface area (Å²) >= 11 is 8.12. The molecule has 1 unspecified atom stereocenters. The molecule has 0 fully saturated rings. The van der Waals surface area contributed by atoms with Gasteiger partial charge in [-0.2, -0.15) is 13.2 Å². The van der Waals surface area contributed by atoms with Crippen molar-refractivity contribution in [2.75, 3.05) is 7.05 Å². The lowest BCUT2D eigenvalue weighted by atomic mass is 9.98. The van der Waals surface area contributed by atoms with Crippen molar-refractivity contribution in [2.24, 2.45) is 0 Å². The van der Waals surface area contributed by atoms with Gasteiger partial charge in [0.25, 0.3) is 0 Å². The van der Waals surface area contributed by atoms with Gasteiger partial charge in [0.15, 0.2) is 0 Å². The molecule has 0 aliphatic rings. The van der Waals surface area contributed by atoms with Crippen LogP contribution in [0.25, 0.3) is 0 Å². The predicted octanol–water partition coefficient (Wildman–Crippen LogP) is 5.00. The summed E-state index contributed by atoms with van der Waals surface area (Å²) in [5.41, 5.74) is 0.164. The normalized spacial score (nSPS) is 13.5. The summed E-state index contributed by atoms with van der Waals surface area (Å²) in [6.45, 7) is 0. The maximum absolute atomic E-state index is 13.1. The Balaban J connectivity index is 2.56. The molecule has 0 amide bonds. The number of aromatic nitrogens is 1. The minimum Gasteiger partial charge on any atom is -0.309 e. The Bertz CT molecular complexity index is 613. The lowest BCUT2D eigenvalue weighted by Gasteiger charge is -2.20. The second kappa shape index (κ2) is 6.13.